The van der Waals surface area contributed by atoms with Crippen molar-refractivity contribution in [2.45, 2.75) is 11.8 Å². The molecule has 0 fully saturated rings. The molecule has 0 bridgehead atoms. The van der Waals surface area contributed by atoms with E-state index >= 15 is 0 Å². The molecule has 0 saturated carbocycles. The van der Waals surface area contributed by atoms with Gasteiger partial charge in [0.2, 0.25) is 0 Å². The second kappa shape index (κ2) is 7.21. The van der Waals surface area contributed by atoms with Gasteiger partial charge in [-0.2, -0.15) is 0 Å². The van der Waals surface area contributed by atoms with Gasteiger partial charge in [-0.15, -0.1) is 11.3 Å². The highest BCUT2D eigenvalue weighted by Crippen LogP contribution is 2.23. The number of benzene rings is 1. The van der Waals surface area contributed by atoms with E-state index in [9.17, 15) is 18.0 Å². The minimum atomic E-state index is -3.93. The molecule has 2 heterocycles. The van der Waals surface area contributed by atoms with Gasteiger partial charge in [-0.25, -0.2) is 13.2 Å². The second-order valence-electron chi connectivity index (χ2n) is 5.41. The third kappa shape index (κ3) is 4.33. The second-order valence-corrected chi connectivity index (χ2v) is 8.01. The van der Waals surface area contributed by atoms with Crippen LogP contribution < -0.4 is 10.0 Å². The van der Waals surface area contributed by atoms with Crippen LogP contribution >= 0.6 is 11.3 Å². The smallest absolute Gasteiger partial charge is 0.335 e. The van der Waals surface area contributed by atoms with E-state index in [4.69, 9.17) is 9.63 Å². The number of aromatic carboxylic acids is 1. The molecule has 11 heteroatoms. The maximum absolute atomic E-state index is 12.4. The number of anilines is 2. The number of aryl methyl sites for hydroxylation is 1. The average molecular weight is 407 g/mol. The van der Waals surface area contributed by atoms with Gasteiger partial charge in [-0.05, 0) is 37.3 Å². The van der Waals surface area contributed by atoms with E-state index in [0.29, 0.717) is 5.76 Å². The van der Waals surface area contributed by atoms with Crippen LogP contribution in [0.1, 0.15) is 25.8 Å². The molecule has 0 spiro atoms. The van der Waals surface area contributed by atoms with Crippen LogP contribution in [-0.2, 0) is 10.0 Å². The zero-order chi connectivity index (χ0) is 19.6. The van der Waals surface area contributed by atoms with Gasteiger partial charge in [-0.1, -0.05) is 5.16 Å². The van der Waals surface area contributed by atoms with E-state index in [1.807, 2.05) is 0 Å². The molecule has 0 radical (unpaired) electrons. The van der Waals surface area contributed by atoms with Gasteiger partial charge in [0.05, 0.1) is 15.3 Å². The topological polar surface area (TPSA) is 139 Å². The molecule has 3 aromatic rings. The van der Waals surface area contributed by atoms with Crippen LogP contribution in [0.2, 0.25) is 0 Å². The van der Waals surface area contributed by atoms with Gasteiger partial charge in [0.25, 0.3) is 15.9 Å². The number of carbonyl (C=O) groups excluding carboxylic acids is 1. The molecule has 140 valence electrons. The number of carboxylic acids is 1. The maximum Gasteiger partial charge on any atom is 0.335 e. The van der Waals surface area contributed by atoms with Crippen molar-refractivity contribution in [2.24, 2.45) is 0 Å². The first-order valence-electron chi connectivity index (χ1n) is 7.44. The fourth-order valence-electron chi connectivity index (χ4n) is 2.08. The summed E-state index contributed by atoms with van der Waals surface area (Å²) >= 11 is 0.960. The zero-order valence-corrected chi connectivity index (χ0v) is 15.4. The molecule has 2 aromatic heterocycles. The quantitative estimate of drug-likeness (QED) is 0.571. The predicted molar refractivity (Wildman–Crippen MR) is 97.7 cm³/mol. The van der Waals surface area contributed by atoms with Crippen LogP contribution in [0.5, 0.6) is 0 Å². The summed E-state index contributed by atoms with van der Waals surface area (Å²) in [4.78, 5) is 23.1. The summed E-state index contributed by atoms with van der Waals surface area (Å²) in [5.41, 5.74) is 0.241. The summed E-state index contributed by atoms with van der Waals surface area (Å²) in [5.74, 6) is -0.870. The number of amides is 1. The fraction of sp³-hybridized carbons (Fsp3) is 0.0625. The molecule has 0 aliphatic rings. The lowest BCUT2D eigenvalue weighted by Gasteiger charge is -2.06. The van der Waals surface area contributed by atoms with Gasteiger partial charge in [0.15, 0.2) is 5.82 Å². The number of carbonyl (C=O) groups is 2. The summed E-state index contributed by atoms with van der Waals surface area (Å²) in [6, 6.07) is 8.02. The number of hydrogen-bond donors (Lipinski definition) is 3. The normalized spacial score (nSPS) is 11.1. The molecule has 27 heavy (non-hydrogen) atoms. The van der Waals surface area contributed by atoms with Gasteiger partial charge in [0, 0.05) is 17.1 Å². The van der Waals surface area contributed by atoms with Crippen molar-refractivity contribution >= 4 is 44.7 Å². The van der Waals surface area contributed by atoms with Gasteiger partial charge >= 0.3 is 5.97 Å². The monoisotopic (exact) mass is 407 g/mol. The van der Waals surface area contributed by atoms with Gasteiger partial charge < -0.3 is 14.9 Å². The minimum absolute atomic E-state index is 0.0375. The van der Waals surface area contributed by atoms with Crippen LogP contribution in [0.4, 0.5) is 11.5 Å². The highest BCUT2D eigenvalue weighted by Gasteiger charge is 2.20. The number of nitrogens with zero attached hydrogens (tertiary/aromatic N) is 1. The molecule has 3 rings (SSSR count). The Hall–Kier alpha value is -3.18. The summed E-state index contributed by atoms with van der Waals surface area (Å²) in [7, 11) is -3.93. The number of sulfonamides is 1. The van der Waals surface area contributed by atoms with Crippen LogP contribution in [0.25, 0.3) is 0 Å². The van der Waals surface area contributed by atoms with Crippen molar-refractivity contribution in [2.75, 3.05) is 10.0 Å². The fourth-order valence-corrected chi connectivity index (χ4v) is 4.30. The highest BCUT2D eigenvalue weighted by molar-refractivity contribution is 7.92. The van der Waals surface area contributed by atoms with Crippen molar-refractivity contribution < 1.29 is 27.6 Å². The highest BCUT2D eigenvalue weighted by atomic mass is 32.2. The summed E-state index contributed by atoms with van der Waals surface area (Å²) in [6.45, 7) is 1.67. The van der Waals surface area contributed by atoms with Gasteiger partial charge in [0.1, 0.15) is 5.76 Å². The van der Waals surface area contributed by atoms with Crippen molar-refractivity contribution in [1.82, 2.24) is 5.16 Å². The van der Waals surface area contributed by atoms with Gasteiger partial charge in [-0.3, -0.25) is 9.52 Å². The lowest BCUT2D eigenvalue weighted by Crippen LogP contribution is -2.13. The first-order chi connectivity index (χ1) is 12.7. The third-order valence-electron chi connectivity index (χ3n) is 3.36. The number of rotatable bonds is 6. The molecule has 9 nitrogen and oxygen atoms in total. The maximum atomic E-state index is 12.4. The number of thiophene rings is 1. The summed E-state index contributed by atoms with van der Waals surface area (Å²) in [5, 5.41) is 16.3. The number of nitrogens with one attached hydrogen (secondary N) is 2. The molecule has 0 saturated heterocycles. The number of aromatic nitrogens is 1. The molecule has 0 aliphatic heterocycles. The van der Waals surface area contributed by atoms with Crippen LogP contribution in [0, 0.1) is 6.92 Å². The minimum Gasteiger partial charge on any atom is -0.478 e. The Morgan fingerprint density at radius 1 is 1.19 bits per heavy atom. The predicted octanol–water partition coefficient (Wildman–Crippen LogP) is 2.80. The molecule has 3 N–H and O–H groups in total. The Morgan fingerprint density at radius 2 is 1.89 bits per heavy atom. The van der Waals surface area contributed by atoms with E-state index in [0.717, 1.165) is 11.3 Å². The Bertz CT molecular complexity index is 1100. The largest absolute Gasteiger partial charge is 0.478 e. The lowest BCUT2D eigenvalue weighted by molar-refractivity contribution is 0.0696. The standard InChI is InChI=1S/C16H13N3O6S2/c1-9-6-14(18-25-9)17-15(20)13-7-12(8-26-13)27(23,24)19-11-4-2-10(3-5-11)16(21)22/h2-8,19H,1H3,(H,21,22)(H,17,18,20). The molecule has 0 atom stereocenters. The Balaban J connectivity index is 1.73. The van der Waals surface area contributed by atoms with Crippen molar-refractivity contribution in [3.8, 4) is 0 Å². The van der Waals surface area contributed by atoms with E-state index in [1.54, 1.807) is 6.92 Å². The summed E-state index contributed by atoms with van der Waals surface area (Å²) < 4.78 is 32.1. The van der Waals surface area contributed by atoms with Crippen LogP contribution in [-0.4, -0.2) is 30.6 Å². The zero-order valence-electron chi connectivity index (χ0n) is 13.8. The molecule has 1 amide bonds. The molecule has 0 unspecified atom stereocenters. The Kier molecular flexibility index (Phi) is 4.97. The average Bonchev–Trinajstić information content (AvgIpc) is 3.24. The van der Waals surface area contributed by atoms with Crippen LogP contribution in [0.15, 0.2) is 51.2 Å². The SMILES string of the molecule is Cc1cc(NC(=O)c2cc(S(=O)(=O)Nc3ccc(C(=O)O)cc3)cs2)no1. The molecular weight excluding hydrogens is 394 g/mol. The number of hydrogen-bond acceptors (Lipinski definition) is 7. The Labute approximate surface area is 157 Å². The van der Waals surface area contributed by atoms with E-state index < -0.39 is 21.9 Å². The van der Waals surface area contributed by atoms with Crippen molar-refractivity contribution in [3.63, 3.8) is 0 Å². The molecular formula is C16H13N3O6S2. The lowest BCUT2D eigenvalue weighted by atomic mass is 10.2. The molecule has 0 aliphatic carbocycles. The Morgan fingerprint density at radius 3 is 2.48 bits per heavy atom. The van der Waals surface area contributed by atoms with Crippen molar-refractivity contribution in [1.29, 1.82) is 0 Å². The van der Waals surface area contributed by atoms with Crippen LogP contribution in [0.3, 0.4) is 0 Å². The van der Waals surface area contributed by atoms with E-state index in [-0.39, 0.29) is 26.8 Å². The third-order valence-corrected chi connectivity index (χ3v) is 5.80. The molecule has 1 aromatic carbocycles. The summed E-state index contributed by atoms with van der Waals surface area (Å²) in [6.07, 6.45) is 0. The van der Waals surface area contributed by atoms with E-state index in [2.05, 4.69) is 15.2 Å². The first kappa shape index (κ1) is 18.6. The van der Waals surface area contributed by atoms with E-state index in [1.165, 1.54) is 41.8 Å². The number of carboxylic acid groups (broad SMARTS) is 1. The van der Waals surface area contributed by atoms with Crippen molar-refractivity contribution in [3.05, 3.63) is 58.0 Å². The first-order valence-corrected chi connectivity index (χ1v) is 9.80.